The van der Waals surface area contributed by atoms with E-state index in [1.807, 2.05) is 60.7 Å². The molecule has 3 N–H and O–H groups in total. The number of nitrogens with one attached hydrogen (secondary N) is 3. The summed E-state index contributed by atoms with van der Waals surface area (Å²) < 4.78 is 0. The maximum absolute atomic E-state index is 14.3. The van der Waals surface area contributed by atoms with Crippen molar-refractivity contribution in [1.82, 2.24) is 5.32 Å². The van der Waals surface area contributed by atoms with Crippen LogP contribution in [0.2, 0.25) is 0 Å². The van der Waals surface area contributed by atoms with E-state index >= 15 is 0 Å². The molecule has 0 unspecified atom stereocenters. The highest BCUT2D eigenvalue weighted by Crippen LogP contribution is 2.57. The summed E-state index contributed by atoms with van der Waals surface area (Å²) in [5.74, 6) is 0.0546. The standard InChI is InChI=1S/C35H41N3O2/c1-23(2)25-16-17-28-27(21-25)29(36)22-31-34(28,3)18-11-19-35(31,4)33(40)38-30(20-24-12-7-5-8-13-24)32(39)37-26-14-9-6-10-15-26/h5-10,12-17,21,23,30-31,36H,11,18-20,22H2,1-4H3,(H,37,39)(H,38,40)/t30-,31-,34-,35-/m1/s1. The predicted octanol–water partition coefficient (Wildman–Crippen LogP) is 7.01. The van der Waals surface area contributed by atoms with E-state index in [4.69, 9.17) is 5.41 Å². The molecule has 4 atom stereocenters. The van der Waals surface area contributed by atoms with Gasteiger partial charge in [-0.1, -0.05) is 94.8 Å². The van der Waals surface area contributed by atoms with Crippen LogP contribution in [-0.2, 0) is 21.4 Å². The molecule has 0 heterocycles. The van der Waals surface area contributed by atoms with Crippen molar-refractivity contribution in [3.8, 4) is 0 Å². The van der Waals surface area contributed by atoms with E-state index in [0.717, 1.165) is 30.4 Å². The van der Waals surface area contributed by atoms with Crippen LogP contribution in [0.25, 0.3) is 0 Å². The summed E-state index contributed by atoms with van der Waals surface area (Å²) in [5, 5.41) is 15.2. The summed E-state index contributed by atoms with van der Waals surface area (Å²) in [5.41, 5.74) is 4.88. The molecule has 5 rings (SSSR count). The van der Waals surface area contributed by atoms with Gasteiger partial charge in [0.05, 0.1) is 5.41 Å². The van der Waals surface area contributed by atoms with Crippen LogP contribution in [0.3, 0.4) is 0 Å². The largest absolute Gasteiger partial charge is 0.343 e. The van der Waals surface area contributed by atoms with Gasteiger partial charge in [-0.15, -0.1) is 0 Å². The lowest BCUT2D eigenvalue weighted by atomic mass is 9.49. The third kappa shape index (κ3) is 5.22. The maximum Gasteiger partial charge on any atom is 0.247 e. The number of amides is 2. The van der Waals surface area contributed by atoms with E-state index < -0.39 is 11.5 Å². The Balaban J connectivity index is 1.44. The lowest BCUT2D eigenvalue weighted by Crippen LogP contribution is -2.58. The van der Waals surface area contributed by atoms with Crippen molar-refractivity contribution in [3.05, 3.63) is 101 Å². The summed E-state index contributed by atoms with van der Waals surface area (Å²) in [4.78, 5) is 27.8. The number of benzene rings is 3. The normalized spacial score (nSPS) is 24.5. The molecular weight excluding hydrogens is 494 g/mol. The molecule has 40 heavy (non-hydrogen) atoms. The second kappa shape index (κ2) is 11.0. The summed E-state index contributed by atoms with van der Waals surface area (Å²) in [6, 6.07) is 25.1. The predicted molar refractivity (Wildman–Crippen MR) is 162 cm³/mol. The van der Waals surface area contributed by atoms with Gasteiger partial charge in [-0.3, -0.25) is 9.59 Å². The van der Waals surface area contributed by atoms with Crippen molar-refractivity contribution in [2.24, 2.45) is 11.3 Å². The van der Waals surface area contributed by atoms with Gasteiger partial charge in [0.25, 0.3) is 0 Å². The Kier molecular flexibility index (Phi) is 7.67. The zero-order chi connectivity index (χ0) is 28.5. The van der Waals surface area contributed by atoms with Gasteiger partial charge in [0.2, 0.25) is 11.8 Å². The SMILES string of the molecule is CC(C)c1ccc2c(c1)C(=N)C[C@H]1[C@](C)(C(=O)N[C@H](Cc3ccccc3)C(=O)Nc3ccccc3)CCC[C@]21C. The van der Waals surface area contributed by atoms with Crippen LogP contribution in [0, 0.1) is 16.7 Å². The van der Waals surface area contributed by atoms with Crippen LogP contribution in [0.4, 0.5) is 5.69 Å². The first-order valence-corrected chi connectivity index (χ1v) is 14.5. The molecule has 0 spiro atoms. The zero-order valence-corrected chi connectivity index (χ0v) is 24.1. The number of hydrogen-bond acceptors (Lipinski definition) is 3. The van der Waals surface area contributed by atoms with Gasteiger partial charge < -0.3 is 16.0 Å². The number of carbonyl (C=O) groups is 2. The van der Waals surface area contributed by atoms with E-state index in [9.17, 15) is 9.59 Å². The van der Waals surface area contributed by atoms with Crippen LogP contribution in [0.5, 0.6) is 0 Å². The molecule has 1 fully saturated rings. The van der Waals surface area contributed by atoms with Crippen LogP contribution >= 0.6 is 0 Å². The molecule has 5 heteroatoms. The number of rotatable bonds is 7. The summed E-state index contributed by atoms with van der Waals surface area (Å²) in [6.07, 6.45) is 3.62. The van der Waals surface area contributed by atoms with E-state index in [2.05, 4.69) is 56.5 Å². The minimum absolute atomic E-state index is 0.0202. The highest BCUT2D eigenvalue weighted by Gasteiger charge is 2.56. The fourth-order valence-electron chi connectivity index (χ4n) is 7.03. The molecule has 0 bridgehead atoms. The Morgan fingerprint density at radius 1 is 0.950 bits per heavy atom. The molecule has 208 valence electrons. The van der Waals surface area contributed by atoms with Crippen LogP contribution in [0.1, 0.15) is 81.5 Å². The Morgan fingerprint density at radius 2 is 1.62 bits per heavy atom. The van der Waals surface area contributed by atoms with Gasteiger partial charge in [-0.05, 0) is 77.0 Å². The van der Waals surface area contributed by atoms with Crippen LogP contribution in [-0.4, -0.2) is 23.6 Å². The molecule has 0 saturated heterocycles. The summed E-state index contributed by atoms with van der Waals surface area (Å²) >= 11 is 0. The molecule has 0 aromatic heterocycles. The highest BCUT2D eigenvalue weighted by atomic mass is 16.2. The van der Waals surface area contributed by atoms with E-state index in [-0.39, 0.29) is 23.1 Å². The maximum atomic E-state index is 14.3. The van der Waals surface area contributed by atoms with Gasteiger partial charge in [0, 0.05) is 17.8 Å². The van der Waals surface area contributed by atoms with Gasteiger partial charge in [-0.2, -0.15) is 0 Å². The Bertz CT molecular complexity index is 1400. The first-order valence-electron chi connectivity index (χ1n) is 14.5. The molecule has 2 aliphatic carbocycles. The van der Waals surface area contributed by atoms with E-state index in [1.54, 1.807) is 0 Å². The molecule has 0 aliphatic heterocycles. The Hall–Kier alpha value is -3.73. The number of carbonyl (C=O) groups excluding carboxylic acids is 2. The summed E-state index contributed by atoms with van der Waals surface area (Å²) in [7, 11) is 0. The quantitative estimate of drug-likeness (QED) is 0.304. The fraction of sp³-hybridized carbons (Fsp3) is 0.400. The van der Waals surface area contributed by atoms with Crippen molar-refractivity contribution in [2.75, 3.05) is 5.32 Å². The van der Waals surface area contributed by atoms with Crippen molar-refractivity contribution in [2.45, 2.75) is 77.2 Å². The van der Waals surface area contributed by atoms with Gasteiger partial charge in [0.1, 0.15) is 6.04 Å². The Morgan fingerprint density at radius 3 is 2.30 bits per heavy atom. The first kappa shape index (κ1) is 27.8. The topological polar surface area (TPSA) is 82.1 Å². The number of fused-ring (bicyclic) bond motifs is 3. The van der Waals surface area contributed by atoms with Crippen molar-refractivity contribution in [3.63, 3.8) is 0 Å². The van der Waals surface area contributed by atoms with Gasteiger partial charge >= 0.3 is 0 Å². The first-order chi connectivity index (χ1) is 19.1. The van der Waals surface area contributed by atoms with Crippen molar-refractivity contribution in [1.29, 1.82) is 5.41 Å². The van der Waals surface area contributed by atoms with E-state index in [0.29, 0.717) is 30.2 Å². The molecule has 2 aliphatic rings. The third-order valence-corrected chi connectivity index (χ3v) is 9.45. The van der Waals surface area contributed by atoms with E-state index in [1.165, 1.54) is 11.1 Å². The van der Waals surface area contributed by atoms with Gasteiger partial charge in [-0.25, -0.2) is 0 Å². The van der Waals surface area contributed by atoms with Crippen LogP contribution < -0.4 is 10.6 Å². The zero-order valence-electron chi connectivity index (χ0n) is 24.1. The molecule has 3 aromatic carbocycles. The molecule has 2 amide bonds. The molecule has 3 aromatic rings. The monoisotopic (exact) mass is 535 g/mol. The average molecular weight is 536 g/mol. The number of anilines is 1. The number of hydrogen-bond donors (Lipinski definition) is 3. The second-order valence-corrected chi connectivity index (χ2v) is 12.5. The fourth-order valence-corrected chi connectivity index (χ4v) is 7.03. The Labute approximate surface area is 238 Å². The molecule has 5 nitrogen and oxygen atoms in total. The van der Waals surface area contributed by atoms with Gasteiger partial charge in [0.15, 0.2) is 0 Å². The van der Waals surface area contributed by atoms with Crippen LogP contribution in [0.15, 0.2) is 78.9 Å². The van der Waals surface area contributed by atoms with Crippen molar-refractivity contribution < 1.29 is 9.59 Å². The minimum atomic E-state index is -0.718. The molecule has 0 radical (unpaired) electrons. The smallest absolute Gasteiger partial charge is 0.247 e. The van der Waals surface area contributed by atoms with Crippen molar-refractivity contribution >= 4 is 23.2 Å². The molecule has 1 saturated carbocycles. The lowest BCUT2D eigenvalue weighted by Gasteiger charge is -2.54. The second-order valence-electron chi connectivity index (χ2n) is 12.5. The lowest BCUT2D eigenvalue weighted by molar-refractivity contribution is -0.140. The minimum Gasteiger partial charge on any atom is -0.343 e. The number of para-hydroxylation sites is 1. The summed E-state index contributed by atoms with van der Waals surface area (Å²) in [6.45, 7) is 8.70. The highest BCUT2D eigenvalue weighted by molar-refractivity contribution is 6.03. The average Bonchev–Trinajstić information content (AvgIpc) is 2.95. The third-order valence-electron chi connectivity index (χ3n) is 9.45. The molecular formula is C35H41N3O2.